The Labute approximate surface area is 112 Å². The van der Waals surface area contributed by atoms with Crippen LogP contribution in [0.5, 0.6) is 0 Å². The average molecular weight is 252 g/mol. The molecule has 4 nitrogen and oxygen atoms in total. The zero-order valence-electron chi connectivity index (χ0n) is 12.2. The van der Waals surface area contributed by atoms with E-state index in [9.17, 15) is 0 Å². The summed E-state index contributed by atoms with van der Waals surface area (Å²) < 4.78 is 0. The Morgan fingerprint density at radius 3 is 2.56 bits per heavy atom. The topological polar surface area (TPSA) is 42.3 Å². The van der Waals surface area contributed by atoms with Crippen molar-refractivity contribution in [3.8, 4) is 6.07 Å². The quantitative estimate of drug-likeness (QED) is 0.741. The van der Waals surface area contributed by atoms with Crippen LogP contribution in [0.15, 0.2) is 0 Å². The maximum absolute atomic E-state index is 9.01. The van der Waals surface area contributed by atoms with Gasteiger partial charge in [0.15, 0.2) is 0 Å². The Morgan fingerprint density at radius 2 is 2.06 bits per heavy atom. The molecule has 1 aliphatic rings. The van der Waals surface area contributed by atoms with Crippen molar-refractivity contribution in [1.82, 2.24) is 15.1 Å². The lowest BCUT2D eigenvalue weighted by Crippen LogP contribution is -2.44. The molecule has 1 N–H and O–H groups in total. The summed E-state index contributed by atoms with van der Waals surface area (Å²) in [5.74, 6) is 0. The van der Waals surface area contributed by atoms with Crippen LogP contribution < -0.4 is 5.32 Å². The van der Waals surface area contributed by atoms with Crippen LogP contribution in [0.2, 0.25) is 0 Å². The van der Waals surface area contributed by atoms with Gasteiger partial charge in [0.2, 0.25) is 0 Å². The zero-order chi connectivity index (χ0) is 13.4. The maximum Gasteiger partial charge on any atom is 0.0965 e. The number of hydrogen-bond donors (Lipinski definition) is 1. The maximum atomic E-state index is 9.01. The number of nitrogens with zero attached hydrogens (tertiary/aromatic N) is 3. The minimum atomic E-state index is 0.00757. The van der Waals surface area contributed by atoms with E-state index in [0.29, 0.717) is 6.04 Å². The van der Waals surface area contributed by atoms with Crippen LogP contribution in [-0.2, 0) is 0 Å². The number of likely N-dealkylation sites (tertiary alicyclic amines) is 1. The molecule has 4 heteroatoms. The number of nitrogens with one attached hydrogen (secondary N) is 1. The molecule has 0 aromatic rings. The van der Waals surface area contributed by atoms with E-state index in [-0.39, 0.29) is 6.04 Å². The first-order valence-electron chi connectivity index (χ1n) is 7.26. The van der Waals surface area contributed by atoms with Crippen molar-refractivity contribution in [2.45, 2.75) is 45.2 Å². The molecule has 1 saturated heterocycles. The Hall–Kier alpha value is -0.630. The van der Waals surface area contributed by atoms with Crippen molar-refractivity contribution >= 4 is 0 Å². The summed E-state index contributed by atoms with van der Waals surface area (Å²) in [6.07, 6.45) is 3.46. The van der Waals surface area contributed by atoms with Gasteiger partial charge in [-0.15, -0.1) is 0 Å². The van der Waals surface area contributed by atoms with Crippen molar-refractivity contribution in [3.05, 3.63) is 0 Å². The highest BCUT2D eigenvalue weighted by molar-refractivity contribution is 4.90. The summed E-state index contributed by atoms with van der Waals surface area (Å²) in [7, 11) is 2.20. The van der Waals surface area contributed by atoms with Gasteiger partial charge in [0.1, 0.15) is 0 Å². The second-order valence-electron chi connectivity index (χ2n) is 5.17. The lowest BCUT2D eigenvalue weighted by atomic mass is 10.0. The Kier molecular flexibility index (Phi) is 7.26. The van der Waals surface area contributed by atoms with E-state index < -0.39 is 0 Å². The third-order valence-electron chi connectivity index (χ3n) is 4.00. The van der Waals surface area contributed by atoms with Crippen molar-refractivity contribution in [2.75, 3.05) is 39.8 Å². The van der Waals surface area contributed by atoms with Crippen molar-refractivity contribution in [1.29, 1.82) is 5.26 Å². The van der Waals surface area contributed by atoms with Crippen LogP contribution in [0, 0.1) is 11.3 Å². The molecule has 1 fully saturated rings. The van der Waals surface area contributed by atoms with Crippen molar-refractivity contribution in [3.63, 3.8) is 0 Å². The van der Waals surface area contributed by atoms with E-state index >= 15 is 0 Å². The van der Waals surface area contributed by atoms with Crippen molar-refractivity contribution < 1.29 is 0 Å². The monoisotopic (exact) mass is 252 g/mol. The summed E-state index contributed by atoms with van der Waals surface area (Å²) in [6, 6.07) is 3.04. The van der Waals surface area contributed by atoms with Gasteiger partial charge in [0.25, 0.3) is 0 Å². The first kappa shape index (κ1) is 15.4. The molecule has 1 atom stereocenters. The summed E-state index contributed by atoms with van der Waals surface area (Å²) in [5.41, 5.74) is 0. The molecule has 0 aliphatic carbocycles. The standard InChI is InChI=1S/C14H28N4/c1-4-16-13(12-15)6-9-17(3)14-7-10-18(5-2)11-8-14/h13-14,16H,4-11H2,1-3H3. The van der Waals surface area contributed by atoms with Crippen LogP contribution in [0.3, 0.4) is 0 Å². The third-order valence-corrected chi connectivity index (χ3v) is 4.00. The first-order valence-corrected chi connectivity index (χ1v) is 7.26. The van der Waals surface area contributed by atoms with Crippen molar-refractivity contribution in [2.24, 2.45) is 0 Å². The van der Waals surface area contributed by atoms with E-state index in [1.807, 2.05) is 0 Å². The molecular weight excluding hydrogens is 224 g/mol. The largest absolute Gasteiger partial charge is 0.303 e. The van der Waals surface area contributed by atoms with Gasteiger partial charge in [0.05, 0.1) is 12.1 Å². The van der Waals surface area contributed by atoms with E-state index in [4.69, 9.17) is 5.26 Å². The number of hydrogen-bond acceptors (Lipinski definition) is 4. The molecule has 0 aromatic carbocycles. The third kappa shape index (κ3) is 4.93. The molecular formula is C14H28N4. The average Bonchev–Trinajstić information content (AvgIpc) is 2.43. The first-order chi connectivity index (χ1) is 8.71. The summed E-state index contributed by atoms with van der Waals surface area (Å²) >= 11 is 0. The normalized spacial score (nSPS) is 19.9. The highest BCUT2D eigenvalue weighted by Crippen LogP contribution is 2.15. The molecule has 0 bridgehead atoms. The van der Waals surface area contributed by atoms with Gasteiger partial charge in [-0.05, 0) is 52.5 Å². The van der Waals surface area contributed by atoms with Gasteiger partial charge in [-0.3, -0.25) is 0 Å². The van der Waals surface area contributed by atoms with Crippen LogP contribution in [-0.4, -0.2) is 61.7 Å². The lowest BCUT2D eigenvalue weighted by molar-refractivity contribution is 0.129. The fraction of sp³-hybridized carbons (Fsp3) is 0.929. The number of piperidine rings is 1. The molecule has 0 spiro atoms. The Morgan fingerprint density at radius 1 is 1.39 bits per heavy atom. The van der Waals surface area contributed by atoms with Gasteiger partial charge in [-0.25, -0.2) is 0 Å². The number of nitriles is 1. The molecule has 0 radical (unpaired) electrons. The minimum absolute atomic E-state index is 0.00757. The summed E-state index contributed by atoms with van der Waals surface area (Å²) in [5, 5.41) is 12.2. The van der Waals surface area contributed by atoms with Crippen LogP contribution >= 0.6 is 0 Å². The summed E-state index contributed by atoms with van der Waals surface area (Å²) in [6.45, 7) is 9.79. The van der Waals surface area contributed by atoms with E-state index in [1.165, 1.54) is 32.5 Å². The fourth-order valence-electron chi connectivity index (χ4n) is 2.65. The molecule has 0 saturated carbocycles. The molecule has 1 rings (SSSR count). The van der Waals surface area contributed by atoms with Gasteiger partial charge in [0, 0.05) is 12.6 Å². The Balaban J connectivity index is 2.24. The highest BCUT2D eigenvalue weighted by atomic mass is 15.2. The van der Waals surface area contributed by atoms with Crippen LogP contribution in [0.25, 0.3) is 0 Å². The molecule has 0 amide bonds. The van der Waals surface area contributed by atoms with Gasteiger partial charge in [-0.2, -0.15) is 5.26 Å². The van der Waals surface area contributed by atoms with Gasteiger partial charge in [-0.1, -0.05) is 13.8 Å². The fourth-order valence-corrected chi connectivity index (χ4v) is 2.65. The predicted octanol–water partition coefficient (Wildman–Crippen LogP) is 1.29. The molecule has 1 heterocycles. The van der Waals surface area contributed by atoms with Crippen LogP contribution in [0.1, 0.15) is 33.1 Å². The molecule has 0 aromatic heterocycles. The second kappa shape index (κ2) is 8.47. The van der Waals surface area contributed by atoms with E-state index in [1.54, 1.807) is 0 Å². The lowest BCUT2D eigenvalue weighted by Gasteiger charge is -2.36. The molecule has 18 heavy (non-hydrogen) atoms. The second-order valence-corrected chi connectivity index (χ2v) is 5.17. The summed E-state index contributed by atoms with van der Waals surface area (Å²) in [4.78, 5) is 4.95. The SMILES string of the molecule is CCNC(C#N)CCN(C)C1CCN(CC)CC1. The molecule has 1 unspecified atom stereocenters. The van der Waals surface area contributed by atoms with E-state index in [0.717, 1.165) is 19.5 Å². The van der Waals surface area contributed by atoms with Gasteiger partial charge >= 0.3 is 0 Å². The van der Waals surface area contributed by atoms with E-state index in [2.05, 4.69) is 42.1 Å². The van der Waals surface area contributed by atoms with Crippen LogP contribution in [0.4, 0.5) is 0 Å². The molecule has 104 valence electrons. The highest BCUT2D eigenvalue weighted by Gasteiger charge is 2.21. The Bertz CT molecular complexity index is 253. The zero-order valence-corrected chi connectivity index (χ0v) is 12.2. The smallest absolute Gasteiger partial charge is 0.0965 e. The molecule has 1 aliphatic heterocycles. The predicted molar refractivity (Wildman–Crippen MR) is 75.5 cm³/mol. The van der Waals surface area contributed by atoms with Gasteiger partial charge < -0.3 is 15.1 Å². The minimum Gasteiger partial charge on any atom is -0.303 e. The number of rotatable bonds is 7.